The van der Waals surface area contributed by atoms with Crippen LogP contribution in [-0.2, 0) is 22.5 Å². The van der Waals surface area contributed by atoms with Gasteiger partial charge in [-0.1, -0.05) is 17.7 Å². The fraction of sp³-hybridized carbons (Fsp3) is 0.560. The Kier molecular flexibility index (Phi) is 6.99. The second-order valence-corrected chi connectivity index (χ2v) is 10.0. The van der Waals surface area contributed by atoms with Crippen molar-refractivity contribution in [3.63, 3.8) is 0 Å². The van der Waals surface area contributed by atoms with Crippen molar-refractivity contribution in [3.8, 4) is 0 Å². The molecule has 9 heteroatoms. The smallest absolute Gasteiger partial charge is 0.227 e. The highest BCUT2D eigenvalue weighted by atomic mass is 35.5. The van der Waals surface area contributed by atoms with Gasteiger partial charge in [0.2, 0.25) is 11.9 Å². The highest BCUT2D eigenvalue weighted by Gasteiger charge is 2.38. The first-order valence-corrected chi connectivity index (χ1v) is 12.5. The average molecular weight is 488 g/mol. The van der Waals surface area contributed by atoms with Gasteiger partial charge in [0.25, 0.3) is 0 Å². The molecule has 3 atom stereocenters. The van der Waals surface area contributed by atoms with Crippen molar-refractivity contribution in [2.45, 2.75) is 57.2 Å². The van der Waals surface area contributed by atoms with Crippen LogP contribution in [0.1, 0.15) is 48.9 Å². The first kappa shape index (κ1) is 23.5. The maximum absolute atomic E-state index is 14.2. The molecular formula is C25H31ClFN5O2. The van der Waals surface area contributed by atoms with E-state index >= 15 is 0 Å². The molecule has 1 aromatic heterocycles. The predicted octanol–water partition coefficient (Wildman–Crippen LogP) is 3.53. The van der Waals surface area contributed by atoms with Crippen LogP contribution in [0.15, 0.2) is 24.4 Å². The summed E-state index contributed by atoms with van der Waals surface area (Å²) in [7, 11) is 0. The van der Waals surface area contributed by atoms with Crippen LogP contribution >= 0.6 is 11.6 Å². The van der Waals surface area contributed by atoms with Crippen molar-refractivity contribution in [2.75, 3.05) is 31.6 Å². The number of carbonyl (C=O) groups excluding carboxylic acids is 1. The van der Waals surface area contributed by atoms with Gasteiger partial charge in [0, 0.05) is 49.9 Å². The van der Waals surface area contributed by atoms with Crippen molar-refractivity contribution >= 4 is 23.5 Å². The molecule has 182 valence electrons. The summed E-state index contributed by atoms with van der Waals surface area (Å²) in [4.78, 5) is 25.1. The monoisotopic (exact) mass is 487 g/mol. The summed E-state index contributed by atoms with van der Waals surface area (Å²) in [5.41, 5.74) is 2.80. The van der Waals surface area contributed by atoms with E-state index < -0.39 is 5.82 Å². The summed E-state index contributed by atoms with van der Waals surface area (Å²) in [6.07, 6.45) is 5.20. The van der Waals surface area contributed by atoms with Gasteiger partial charge in [-0.3, -0.25) is 4.79 Å². The molecular weight excluding hydrogens is 457 g/mol. The van der Waals surface area contributed by atoms with Gasteiger partial charge in [-0.15, -0.1) is 0 Å². The van der Waals surface area contributed by atoms with Crippen LogP contribution in [0.3, 0.4) is 0 Å². The van der Waals surface area contributed by atoms with Gasteiger partial charge in [0.15, 0.2) is 0 Å². The molecule has 2 fully saturated rings. The van der Waals surface area contributed by atoms with E-state index in [0.29, 0.717) is 31.5 Å². The van der Waals surface area contributed by atoms with Crippen LogP contribution in [0.5, 0.6) is 0 Å². The highest BCUT2D eigenvalue weighted by Crippen LogP contribution is 2.34. The van der Waals surface area contributed by atoms with Crippen LogP contribution in [0.2, 0.25) is 5.02 Å². The second-order valence-electron chi connectivity index (χ2n) is 9.60. The topological polar surface area (TPSA) is 79.4 Å². The fourth-order valence-corrected chi connectivity index (χ4v) is 5.46. The molecule has 2 saturated heterocycles. The molecule has 3 aliphatic rings. The number of anilines is 1. The zero-order valence-corrected chi connectivity index (χ0v) is 20.2. The summed E-state index contributed by atoms with van der Waals surface area (Å²) in [6, 6.07) is 5.24. The SMILES string of the molecule is C[C@@H]1Cc2cnc(NC3CCOCC3)nc2CN1C(=O)C1CCNC[C@H]1c1ccc(Cl)c(F)c1. The molecule has 0 aliphatic carbocycles. The third-order valence-corrected chi connectivity index (χ3v) is 7.64. The van der Waals surface area contributed by atoms with Gasteiger partial charge in [0.05, 0.1) is 17.3 Å². The summed E-state index contributed by atoms with van der Waals surface area (Å²) >= 11 is 5.89. The number of carbonyl (C=O) groups is 1. The molecule has 0 radical (unpaired) electrons. The molecule has 1 amide bonds. The van der Waals surface area contributed by atoms with Gasteiger partial charge < -0.3 is 20.3 Å². The van der Waals surface area contributed by atoms with E-state index in [1.807, 2.05) is 17.2 Å². The number of ether oxygens (including phenoxy) is 1. The molecule has 2 N–H and O–H groups in total. The zero-order chi connectivity index (χ0) is 23.7. The number of halogens is 2. The molecule has 2 aromatic rings. The lowest BCUT2D eigenvalue weighted by Gasteiger charge is -2.40. The largest absolute Gasteiger partial charge is 0.381 e. The van der Waals surface area contributed by atoms with E-state index in [0.717, 1.165) is 55.8 Å². The standard InChI is InChI=1S/C25H31ClFN5O2/c1-15-10-17-12-29-25(30-18-5-8-34-9-6-18)31-23(17)14-32(15)24(33)19-4-7-28-13-20(19)16-2-3-21(26)22(27)11-16/h2-3,11-12,15,18-20,28H,4-10,13-14H2,1H3,(H,29,30,31)/t15-,19?,20+/m1/s1. The van der Waals surface area contributed by atoms with Crippen molar-refractivity contribution < 1.29 is 13.9 Å². The van der Waals surface area contributed by atoms with Gasteiger partial charge in [-0.05, 0) is 62.4 Å². The number of hydrogen-bond donors (Lipinski definition) is 2. The molecule has 0 saturated carbocycles. The van der Waals surface area contributed by atoms with Gasteiger partial charge >= 0.3 is 0 Å². The molecule has 34 heavy (non-hydrogen) atoms. The second kappa shape index (κ2) is 10.1. The average Bonchev–Trinajstić information content (AvgIpc) is 2.86. The zero-order valence-electron chi connectivity index (χ0n) is 19.4. The van der Waals surface area contributed by atoms with Crippen molar-refractivity contribution in [1.29, 1.82) is 0 Å². The minimum atomic E-state index is -0.447. The fourth-order valence-electron chi connectivity index (χ4n) is 5.34. The predicted molar refractivity (Wildman–Crippen MR) is 128 cm³/mol. The molecule has 3 aliphatic heterocycles. The van der Waals surface area contributed by atoms with Crippen molar-refractivity contribution in [3.05, 3.63) is 52.1 Å². The van der Waals surface area contributed by atoms with E-state index in [1.165, 1.54) is 6.07 Å². The number of rotatable bonds is 4. The molecule has 1 aromatic carbocycles. The van der Waals surface area contributed by atoms with E-state index in [-0.39, 0.29) is 28.8 Å². The summed E-state index contributed by atoms with van der Waals surface area (Å²) < 4.78 is 19.6. The van der Waals surface area contributed by atoms with Gasteiger partial charge in [-0.25, -0.2) is 14.4 Å². The quantitative estimate of drug-likeness (QED) is 0.687. The Labute approximate surface area is 204 Å². The van der Waals surface area contributed by atoms with Crippen LogP contribution in [0.4, 0.5) is 10.3 Å². The third kappa shape index (κ3) is 4.90. The van der Waals surface area contributed by atoms with Crippen molar-refractivity contribution in [1.82, 2.24) is 20.2 Å². The molecule has 0 spiro atoms. The Bertz CT molecular complexity index is 1050. The summed E-state index contributed by atoms with van der Waals surface area (Å²) in [5, 5.41) is 6.89. The van der Waals surface area contributed by atoms with Gasteiger partial charge in [0.1, 0.15) is 5.82 Å². The van der Waals surface area contributed by atoms with Gasteiger partial charge in [-0.2, -0.15) is 0 Å². The van der Waals surface area contributed by atoms with E-state index in [9.17, 15) is 9.18 Å². The van der Waals surface area contributed by atoms with Crippen LogP contribution in [0.25, 0.3) is 0 Å². The van der Waals surface area contributed by atoms with E-state index in [4.69, 9.17) is 21.3 Å². The van der Waals surface area contributed by atoms with Crippen LogP contribution in [-0.4, -0.2) is 59.2 Å². The highest BCUT2D eigenvalue weighted by molar-refractivity contribution is 6.30. The first-order valence-electron chi connectivity index (χ1n) is 12.1. The number of nitrogens with zero attached hydrogens (tertiary/aromatic N) is 3. The van der Waals surface area contributed by atoms with Crippen LogP contribution in [0, 0.1) is 11.7 Å². The minimum Gasteiger partial charge on any atom is -0.381 e. The minimum absolute atomic E-state index is 0.0513. The Morgan fingerprint density at radius 3 is 2.91 bits per heavy atom. The Morgan fingerprint density at radius 1 is 1.29 bits per heavy atom. The van der Waals surface area contributed by atoms with Crippen molar-refractivity contribution in [2.24, 2.45) is 5.92 Å². The molecule has 0 bridgehead atoms. The molecule has 5 rings (SSSR count). The lowest BCUT2D eigenvalue weighted by Crippen LogP contribution is -2.50. The lowest BCUT2D eigenvalue weighted by atomic mass is 9.80. The number of aromatic nitrogens is 2. The maximum atomic E-state index is 14.2. The number of nitrogens with one attached hydrogen (secondary N) is 2. The van der Waals surface area contributed by atoms with E-state index in [1.54, 1.807) is 6.07 Å². The molecule has 4 heterocycles. The summed E-state index contributed by atoms with van der Waals surface area (Å²) in [5.74, 6) is -0.0377. The lowest BCUT2D eigenvalue weighted by molar-refractivity contribution is -0.140. The number of amides is 1. The number of piperidine rings is 1. The number of benzene rings is 1. The normalized spacial score (nSPS) is 25.6. The Balaban J connectivity index is 1.34. The molecule has 1 unspecified atom stereocenters. The van der Waals surface area contributed by atoms with Crippen LogP contribution < -0.4 is 10.6 Å². The number of fused-ring (bicyclic) bond motifs is 1. The molecule has 7 nitrogen and oxygen atoms in total. The maximum Gasteiger partial charge on any atom is 0.227 e. The Morgan fingerprint density at radius 2 is 2.12 bits per heavy atom. The summed E-state index contributed by atoms with van der Waals surface area (Å²) in [6.45, 7) is 5.44. The first-order chi connectivity index (χ1) is 16.5. The Hall–Kier alpha value is -2.29. The van der Waals surface area contributed by atoms with E-state index in [2.05, 4.69) is 22.5 Å². The number of hydrogen-bond acceptors (Lipinski definition) is 6. The third-order valence-electron chi connectivity index (χ3n) is 7.33.